The molecule has 82 valence electrons. The summed E-state index contributed by atoms with van der Waals surface area (Å²) in [5, 5.41) is 3.15. The topological polar surface area (TPSA) is 27.6 Å². The molecule has 0 aliphatic rings. The molecular formula is C11H23N3. The number of nitrogens with one attached hydrogen (secondary N) is 1. The molecule has 14 heavy (non-hydrogen) atoms. The monoisotopic (exact) mass is 197 g/mol. The molecule has 0 rings (SSSR count). The first-order valence-electron chi connectivity index (χ1n) is 5.33. The van der Waals surface area contributed by atoms with Crippen LogP contribution in [0.25, 0.3) is 0 Å². The van der Waals surface area contributed by atoms with Gasteiger partial charge >= 0.3 is 0 Å². The fraction of sp³-hybridized carbons (Fsp3) is 0.727. The molecule has 0 aliphatic heterocycles. The van der Waals surface area contributed by atoms with E-state index in [9.17, 15) is 0 Å². The molecule has 0 bridgehead atoms. The highest BCUT2D eigenvalue weighted by Crippen LogP contribution is 1.86. The minimum Gasteiger partial charge on any atom is -0.318 e. The highest BCUT2D eigenvalue weighted by Gasteiger charge is 1.98. The Bertz CT molecular complexity index is 164. The van der Waals surface area contributed by atoms with Gasteiger partial charge in [0.1, 0.15) is 0 Å². The molecule has 0 amide bonds. The normalized spacial score (nSPS) is 12.3. The van der Waals surface area contributed by atoms with Gasteiger partial charge in [0.15, 0.2) is 0 Å². The lowest BCUT2D eigenvalue weighted by molar-refractivity contribution is 0.298. The second kappa shape index (κ2) is 10.4. The van der Waals surface area contributed by atoms with Gasteiger partial charge in [0, 0.05) is 25.8 Å². The Kier molecular flexibility index (Phi) is 9.91. The van der Waals surface area contributed by atoms with Crippen molar-refractivity contribution < 1.29 is 0 Å². The maximum Gasteiger partial charge on any atom is 0.0516 e. The molecule has 0 spiro atoms. The van der Waals surface area contributed by atoms with Crippen molar-refractivity contribution in [1.82, 2.24) is 10.2 Å². The number of allylic oxidation sites excluding steroid dienone is 2. The van der Waals surface area contributed by atoms with E-state index < -0.39 is 0 Å². The molecule has 1 N–H and O–H groups in total. The van der Waals surface area contributed by atoms with Crippen LogP contribution in [-0.2, 0) is 0 Å². The van der Waals surface area contributed by atoms with Gasteiger partial charge < -0.3 is 10.2 Å². The average molecular weight is 197 g/mol. The lowest BCUT2D eigenvalue weighted by Crippen LogP contribution is -2.32. The predicted molar refractivity (Wildman–Crippen MR) is 64.2 cm³/mol. The first-order valence-corrected chi connectivity index (χ1v) is 5.33. The third-order valence-corrected chi connectivity index (χ3v) is 2.05. The average Bonchev–Trinajstić information content (AvgIpc) is 2.22. The SMILES string of the molecule is C/C=C/C=NCCN(CC)CCNC. The zero-order valence-electron chi connectivity index (χ0n) is 9.66. The molecule has 0 unspecified atom stereocenters. The summed E-state index contributed by atoms with van der Waals surface area (Å²) in [7, 11) is 1.98. The zero-order valence-corrected chi connectivity index (χ0v) is 9.66. The van der Waals surface area contributed by atoms with Crippen molar-refractivity contribution in [2.75, 3.05) is 39.8 Å². The molecule has 0 fully saturated rings. The van der Waals surface area contributed by atoms with Crippen LogP contribution in [0, 0.1) is 0 Å². The zero-order chi connectivity index (χ0) is 10.6. The van der Waals surface area contributed by atoms with Gasteiger partial charge in [-0.25, -0.2) is 0 Å². The van der Waals surface area contributed by atoms with E-state index in [0.29, 0.717) is 0 Å². The molecule has 3 nitrogen and oxygen atoms in total. The van der Waals surface area contributed by atoms with Crippen molar-refractivity contribution in [2.24, 2.45) is 4.99 Å². The number of likely N-dealkylation sites (N-methyl/N-ethyl adjacent to an activating group) is 2. The molecule has 0 heterocycles. The third kappa shape index (κ3) is 7.95. The van der Waals surface area contributed by atoms with Crippen LogP contribution in [0.3, 0.4) is 0 Å². The predicted octanol–water partition coefficient (Wildman–Crippen LogP) is 1.17. The van der Waals surface area contributed by atoms with Crippen LogP contribution < -0.4 is 5.32 Å². The van der Waals surface area contributed by atoms with E-state index >= 15 is 0 Å². The van der Waals surface area contributed by atoms with E-state index in [1.165, 1.54) is 0 Å². The summed E-state index contributed by atoms with van der Waals surface area (Å²) in [6, 6.07) is 0. The third-order valence-electron chi connectivity index (χ3n) is 2.05. The maximum absolute atomic E-state index is 4.28. The van der Waals surface area contributed by atoms with E-state index in [2.05, 4.69) is 22.1 Å². The van der Waals surface area contributed by atoms with Gasteiger partial charge in [0.05, 0.1) is 6.54 Å². The molecular weight excluding hydrogens is 174 g/mol. The van der Waals surface area contributed by atoms with Crippen LogP contribution in [0.5, 0.6) is 0 Å². The number of aliphatic imine (C=N–C) groups is 1. The Morgan fingerprint density at radius 2 is 2.14 bits per heavy atom. The van der Waals surface area contributed by atoms with Crippen LogP contribution in [0.2, 0.25) is 0 Å². The summed E-state index contributed by atoms with van der Waals surface area (Å²) in [6.45, 7) is 9.37. The fourth-order valence-corrected chi connectivity index (χ4v) is 1.12. The lowest BCUT2D eigenvalue weighted by atomic mass is 10.4. The quantitative estimate of drug-likeness (QED) is 0.592. The Hall–Kier alpha value is -0.670. The molecule has 0 saturated carbocycles. The van der Waals surface area contributed by atoms with E-state index in [4.69, 9.17) is 0 Å². The Balaban J connectivity index is 3.51. The van der Waals surface area contributed by atoms with Gasteiger partial charge in [-0.05, 0) is 26.6 Å². The van der Waals surface area contributed by atoms with Gasteiger partial charge in [-0.2, -0.15) is 0 Å². The highest BCUT2D eigenvalue weighted by molar-refractivity contribution is 5.70. The Morgan fingerprint density at radius 3 is 2.71 bits per heavy atom. The molecule has 3 heteroatoms. The molecule has 0 aliphatic carbocycles. The molecule has 0 radical (unpaired) electrons. The number of rotatable bonds is 8. The van der Waals surface area contributed by atoms with Crippen molar-refractivity contribution in [1.29, 1.82) is 0 Å². The molecule has 0 aromatic heterocycles. The molecule has 0 aromatic carbocycles. The van der Waals surface area contributed by atoms with Crippen LogP contribution in [0.4, 0.5) is 0 Å². The fourth-order valence-electron chi connectivity index (χ4n) is 1.12. The summed E-state index contributed by atoms with van der Waals surface area (Å²) in [6.07, 6.45) is 5.82. The first kappa shape index (κ1) is 13.3. The number of hydrogen-bond donors (Lipinski definition) is 1. The molecule has 0 atom stereocenters. The van der Waals surface area contributed by atoms with Crippen molar-refractivity contribution in [3.63, 3.8) is 0 Å². The second-order valence-corrected chi connectivity index (χ2v) is 3.12. The summed E-state index contributed by atoms with van der Waals surface area (Å²) >= 11 is 0. The van der Waals surface area contributed by atoms with Gasteiger partial charge in [-0.1, -0.05) is 13.0 Å². The number of hydrogen-bond acceptors (Lipinski definition) is 3. The Morgan fingerprint density at radius 1 is 1.36 bits per heavy atom. The first-order chi connectivity index (χ1) is 6.85. The smallest absolute Gasteiger partial charge is 0.0516 e. The standard InChI is InChI=1S/C11H23N3/c1-4-6-7-13-9-11-14(5-2)10-8-12-3/h4,6-7,12H,5,8-11H2,1-3H3/b6-4+,13-7?. The van der Waals surface area contributed by atoms with Crippen molar-refractivity contribution in [2.45, 2.75) is 13.8 Å². The van der Waals surface area contributed by atoms with Crippen molar-refractivity contribution in [3.05, 3.63) is 12.2 Å². The second-order valence-electron chi connectivity index (χ2n) is 3.12. The van der Waals surface area contributed by atoms with Crippen LogP contribution in [-0.4, -0.2) is 50.9 Å². The summed E-state index contributed by atoms with van der Waals surface area (Å²) < 4.78 is 0. The maximum atomic E-state index is 4.28. The van der Waals surface area contributed by atoms with Gasteiger partial charge in [-0.3, -0.25) is 4.99 Å². The van der Waals surface area contributed by atoms with Crippen molar-refractivity contribution in [3.8, 4) is 0 Å². The van der Waals surface area contributed by atoms with Gasteiger partial charge in [0.2, 0.25) is 0 Å². The summed E-state index contributed by atoms with van der Waals surface area (Å²) in [4.78, 5) is 6.68. The molecule has 0 aromatic rings. The number of nitrogens with zero attached hydrogens (tertiary/aromatic N) is 2. The van der Waals surface area contributed by atoms with Gasteiger partial charge in [-0.15, -0.1) is 0 Å². The van der Waals surface area contributed by atoms with Crippen LogP contribution in [0.15, 0.2) is 17.1 Å². The summed E-state index contributed by atoms with van der Waals surface area (Å²) in [5.41, 5.74) is 0. The molecule has 0 saturated heterocycles. The largest absolute Gasteiger partial charge is 0.318 e. The highest BCUT2D eigenvalue weighted by atomic mass is 15.1. The van der Waals surface area contributed by atoms with Crippen LogP contribution in [0.1, 0.15) is 13.8 Å². The summed E-state index contributed by atoms with van der Waals surface area (Å²) in [5.74, 6) is 0. The Labute approximate surface area is 87.9 Å². The van der Waals surface area contributed by atoms with Crippen LogP contribution >= 0.6 is 0 Å². The lowest BCUT2D eigenvalue weighted by Gasteiger charge is -2.18. The van der Waals surface area contributed by atoms with Crippen molar-refractivity contribution >= 4 is 6.21 Å². The van der Waals surface area contributed by atoms with E-state index in [1.807, 2.05) is 32.3 Å². The minimum atomic E-state index is 0.891. The van der Waals surface area contributed by atoms with Gasteiger partial charge in [0.25, 0.3) is 0 Å². The van der Waals surface area contributed by atoms with E-state index in [0.717, 1.165) is 32.7 Å². The minimum absolute atomic E-state index is 0.891. The van der Waals surface area contributed by atoms with E-state index in [1.54, 1.807) is 0 Å². The van der Waals surface area contributed by atoms with E-state index in [-0.39, 0.29) is 0 Å².